The van der Waals surface area contributed by atoms with Crippen molar-refractivity contribution in [2.45, 2.75) is 64.3 Å². The highest BCUT2D eigenvalue weighted by Gasteiger charge is 2.27. The Morgan fingerprint density at radius 1 is 1.21 bits per heavy atom. The van der Waals surface area contributed by atoms with Crippen molar-refractivity contribution in [1.82, 2.24) is 15.2 Å². The van der Waals surface area contributed by atoms with E-state index >= 15 is 0 Å². The maximum atomic E-state index is 12.6. The van der Waals surface area contributed by atoms with E-state index in [0.717, 1.165) is 28.8 Å². The van der Waals surface area contributed by atoms with E-state index < -0.39 is 0 Å². The summed E-state index contributed by atoms with van der Waals surface area (Å²) in [7, 11) is 0. The number of urea groups is 1. The van der Waals surface area contributed by atoms with Crippen molar-refractivity contribution in [2.24, 2.45) is 5.92 Å². The van der Waals surface area contributed by atoms with Crippen LogP contribution < -0.4 is 10.6 Å². The molecule has 1 saturated carbocycles. The van der Waals surface area contributed by atoms with Crippen LogP contribution in [0.4, 0.5) is 9.80 Å². The number of carbonyl (C=O) groups is 2. The molecule has 8 heteroatoms. The first-order valence-corrected chi connectivity index (χ1v) is 12.7. The van der Waals surface area contributed by atoms with E-state index in [4.69, 9.17) is 0 Å². The van der Waals surface area contributed by atoms with Crippen molar-refractivity contribution in [3.05, 3.63) is 46.1 Å². The van der Waals surface area contributed by atoms with E-state index in [1.54, 1.807) is 17.3 Å². The molecule has 7 nitrogen and oxygen atoms in total. The van der Waals surface area contributed by atoms with E-state index in [1.807, 2.05) is 12.1 Å². The highest BCUT2D eigenvalue weighted by atomic mass is 32.1. The number of amides is 3. The molecule has 0 spiro atoms. The van der Waals surface area contributed by atoms with Crippen molar-refractivity contribution in [3.8, 4) is 6.07 Å². The second kappa shape index (κ2) is 11.3. The number of nitrogens with one attached hydrogen (secondary N) is 2. The van der Waals surface area contributed by atoms with Crippen LogP contribution in [0.2, 0.25) is 0 Å². The molecule has 1 fully saturated rings. The molecule has 0 unspecified atom stereocenters. The van der Waals surface area contributed by atoms with Crippen LogP contribution >= 0.6 is 11.3 Å². The van der Waals surface area contributed by atoms with Gasteiger partial charge in [-0.15, -0.1) is 11.3 Å². The van der Waals surface area contributed by atoms with Crippen molar-refractivity contribution in [2.75, 3.05) is 18.4 Å². The van der Waals surface area contributed by atoms with Gasteiger partial charge in [0.25, 0.3) is 0 Å². The Balaban J connectivity index is 1.30. The summed E-state index contributed by atoms with van der Waals surface area (Å²) in [6.45, 7) is 1.59. The van der Waals surface area contributed by atoms with Gasteiger partial charge in [0, 0.05) is 36.8 Å². The molecule has 3 amide bonds. The van der Waals surface area contributed by atoms with E-state index in [2.05, 4.69) is 21.7 Å². The average Bonchev–Trinajstić information content (AvgIpc) is 3.20. The largest absolute Gasteiger partial charge is 0.338 e. The molecular formula is C25H31N5O2S. The Bertz CT molecular complexity index is 1010. The van der Waals surface area contributed by atoms with Crippen molar-refractivity contribution < 1.29 is 9.59 Å². The topological polar surface area (TPSA) is 98.1 Å². The number of anilines is 1. The van der Waals surface area contributed by atoms with Crippen LogP contribution in [0.25, 0.3) is 0 Å². The lowest BCUT2D eigenvalue weighted by molar-refractivity contribution is -0.116. The van der Waals surface area contributed by atoms with Crippen LogP contribution in [-0.2, 0) is 24.2 Å². The minimum atomic E-state index is -0.0975. The maximum Gasteiger partial charge on any atom is 0.317 e. The minimum Gasteiger partial charge on any atom is -0.338 e. The number of hydrogen-bond donors (Lipinski definition) is 2. The molecule has 0 aromatic carbocycles. The van der Waals surface area contributed by atoms with E-state index in [9.17, 15) is 14.9 Å². The summed E-state index contributed by atoms with van der Waals surface area (Å²) < 4.78 is 0. The van der Waals surface area contributed by atoms with Crippen molar-refractivity contribution in [1.29, 1.82) is 5.26 Å². The van der Waals surface area contributed by atoms with Gasteiger partial charge < -0.3 is 15.5 Å². The summed E-state index contributed by atoms with van der Waals surface area (Å²) in [4.78, 5) is 32.0. The van der Waals surface area contributed by atoms with Crippen LogP contribution in [0.5, 0.6) is 0 Å². The van der Waals surface area contributed by atoms with Gasteiger partial charge in [-0.1, -0.05) is 32.1 Å². The normalized spacial score (nSPS) is 16.0. The molecule has 33 heavy (non-hydrogen) atoms. The first-order chi connectivity index (χ1) is 16.1. The lowest BCUT2D eigenvalue weighted by atomic mass is 9.86. The number of pyridine rings is 1. The molecule has 2 aromatic heterocycles. The number of rotatable bonds is 7. The SMILES string of the molecule is N#Cc1c(NC(=O)CCC2CCCCC2)sc2c1CCN(C(=O)NCCc1ccncc1)C2. The molecule has 0 atom stereocenters. The molecule has 3 heterocycles. The molecule has 0 saturated heterocycles. The van der Waals surface area contributed by atoms with Gasteiger partial charge >= 0.3 is 6.03 Å². The van der Waals surface area contributed by atoms with Crippen molar-refractivity contribution in [3.63, 3.8) is 0 Å². The fourth-order valence-corrected chi connectivity index (χ4v) is 5.99. The molecule has 0 radical (unpaired) electrons. The zero-order chi connectivity index (χ0) is 23.0. The molecule has 2 aromatic rings. The third-order valence-electron chi connectivity index (χ3n) is 6.65. The number of aromatic nitrogens is 1. The lowest BCUT2D eigenvalue weighted by Crippen LogP contribution is -2.43. The Labute approximate surface area is 199 Å². The summed E-state index contributed by atoms with van der Waals surface area (Å²) in [5.74, 6) is 0.642. The van der Waals surface area contributed by atoms with Crippen LogP contribution in [0.3, 0.4) is 0 Å². The Hall–Kier alpha value is -2.92. The molecule has 2 N–H and O–H groups in total. The molecule has 1 aliphatic carbocycles. The van der Waals surface area contributed by atoms with Gasteiger partial charge in [-0.05, 0) is 48.4 Å². The van der Waals surface area contributed by atoms with Gasteiger partial charge in [0.2, 0.25) is 5.91 Å². The second-order valence-electron chi connectivity index (χ2n) is 8.92. The van der Waals surface area contributed by atoms with E-state index in [0.29, 0.717) is 49.0 Å². The van der Waals surface area contributed by atoms with Gasteiger partial charge in [-0.3, -0.25) is 9.78 Å². The maximum absolute atomic E-state index is 12.6. The van der Waals surface area contributed by atoms with Gasteiger partial charge in [-0.25, -0.2) is 4.79 Å². The lowest BCUT2D eigenvalue weighted by Gasteiger charge is -2.27. The third-order valence-corrected chi connectivity index (χ3v) is 7.78. The monoisotopic (exact) mass is 465 g/mol. The fourth-order valence-electron chi connectivity index (χ4n) is 4.76. The van der Waals surface area contributed by atoms with Crippen LogP contribution in [-0.4, -0.2) is 34.9 Å². The first-order valence-electron chi connectivity index (χ1n) is 11.9. The molecule has 2 aliphatic rings. The number of carbonyl (C=O) groups excluding carboxylic acids is 2. The van der Waals surface area contributed by atoms with E-state index in [1.165, 1.54) is 43.4 Å². The molecule has 1 aliphatic heterocycles. The van der Waals surface area contributed by atoms with Crippen molar-refractivity contribution >= 4 is 28.3 Å². The standard InChI is InChI=1S/C25H31N5O2S/c26-16-21-20-11-15-30(25(32)28-14-10-19-8-12-27-13-9-19)17-22(20)33-24(21)29-23(31)7-6-18-4-2-1-3-5-18/h8-9,12-13,18H,1-7,10-11,14-15,17H2,(H,28,32)(H,29,31). The van der Waals surface area contributed by atoms with Gasteiger partial charge in [0.05, 0.1) is 12.1 Å². The van der Waals surface area contributed by atoms with E-state index in [-0.39, 0.29) is 11.9 Å². The third kappa shape index (κ3) is 6.11. The Morgan fingerprint density at radius 3 is 2.76 bits per heavy atom. The molecule has 4 rings (SSSR count). The number of fused-ring (bicyclic) bond motifs is 1. The Morgan fingerprint density at radius 2 is 2.00 bits per heavy atom. The van der Waals surface area contributed by atoms with Gasteiger partial charge in [-0.2, -0.15) is 5.26 Å². The Kier molecular flexibility index (Phi) is 7.95. The number of nitrogens with zero attached hydrogens (tertiary/aromatic N) is 3. The predicted molar refractivity (Wildman–Crippen MR) is 129 cm³/mol. The average molecular weight is 466 g/mol. The summed E-state index contributed by atoms with van der Waals surface area (Å²) in [5.41, 5.74) is 2.68. The summed E-state index contributed by atoms with van der Waals surface area (Å²) in [6.07, 6.45) is 12.6. The number of nitriles is 1. The fraction of sp³-hybridized carbons (Fsp3) is 0.520. The summed E-state index contributed by atoms with van der Waals surface area (Å²) >= 11 is 1.44. The zero-order valence-electron chi connectivity index (χ0n) is 18.9. The van der Waals surface area contributed by atoms with Crippen LogP contribution in [0, 0.1) is 17.2 Å². The predicted octanol–water partition coefficient (Wildman–Crippen LogP) is 4.62. The number of hydrogen-bond acceptors (Lipinski definition) is 5. The number of thiophene rings is 1. The summed E-state index contributed by atoms with van der Waals surface area (Å²) in [6, 6.07) is 6.07. The van der Waals surface area contributed by atoms with Crippen LogP contribution in [0.15, 0.2) is 24.5 Å². The van der Waals surface area contributed by atoms with Crippen LogP contribution in [0.1, 0.15) is 66.5 Å². The molecule has 0 bridgehead atoms. The molecular weight excluding hydrogens is 434 g/mol. The quantitative estimate of drug-likeness (QED) is 0.623. The minimum absolute atomic E-state index is 0.0126. The van der Waals surface area contributed by atoms with Gasteiger partial charge in [0.1, 0.15) is 11.1 Å². The zero-order valence-corrected chi connectivity index (χ0v) is 19.8. The highest BCUT2D eigenvalue weighted by molar-refractivity contribution is 7.16. The second-order valence-corrected chi connectivity index (χ2v) is 10.0. The smallest absolute Gasteiger partial charge is 0.317 e. The van der Waals surface area contributed by atoms with Gasteiger partial charge in [0.15, 0.2) is 0 Å². The summed E-state index contributed by atoms with van der Waals surface area (Å²) in [5, 5.41) is 16.3. The first kappa shape index (κ1) is 23.2. The molecule has 174 valence electrons. The highest BCUT2D eigenvalue weighted by Crippen LogP contribution is 2.37.